The normalized spacial score (nSPS) is 10.9. The molecule has 0 unspecified atom stereocenters. The van der Waals surface area contributed by atoms with Crippen LogP contribution in [0.1, 0.15) is 53.0 Å². The highest BCUT2D eigenvalue weighted by Crippen LogP contribution is 2.24. The van der Waals surface area contributed by atoms with Crippen molar-refractivity contribution in [3.63, 3.8) is 0 Å². The first-order valence-electron chi connectivity index (χ1n) is 9.70. The molecule has 158 valence electrons. The van der Waals surface area contributed by atoms with Gasteiger partial charge in [-0.15, -0.1) is 0 Å². The summed E-state index contributed by atoms with van der Waals surface area (Å²) in [6.45, 7) is 7.29. The van der Waals surface area contributed by atoms with Gasteiger partial charge in [0.05, 0.1) is 22.9 Å². The molecular formula is C23H23N5O2S. The minimum absolute atomic E-state index is 0.108. The molecule has 31 heavy (non-hydrogen) atoms. The standard InChI is InChI=1S/C23H23N5O2S/c1-14-20(19(31-28-14)12-18-10-15(13-24)8-9-25-18)21(29)26-16-6-5-7-17(11-16)27-22(30)23(2,3)4/h5-11H,12H2,1-4H3,(H,26,29)(H,27,30). The molecule has 8 heteroatoms. The SMILES string of the molecule is Cc1nsc(Cc2cc(C#N)ccn2)c1C(=O)Nc1cccc(NC(=O)C(C)(C)C)c1. The number of hydrogen-bond donors (Lipinski definition) is 2. The van der Waals surface area contributed by atoms with Crippen LogP contribution in [-0.4, -0.2) is 21.2 Å². The zero-order valence-corrected chi connectivity index (χ0v) is 18.6. The number of nitrogens with zero attached hydrogens (tertiary/aromatic N) is 3. The fraction of sp³-hybridized carbons (Fsp3) is 0.261. The average molecular weight is 434 g/mol. The van der Waals surface area contributed by atoms with Crippen LogP contribution in [0.5, 0.6) is 0 Å². The molecule has 3 rings (SSSR count). The minimum atomic E-state index is -0.523. The van der Waals surface area contributed by atoms with Crippen molar-refractivity contribution in [2.75, 3.05) is 10.6 Å². The second-order valence-corrected chi connectivity index (χ2v) is 8.99. The highest BCUT2D eigenvalue weighted by Gasteiger charge is 2.22. The number of nitrogens with one attached hydrogen (secondary N) is 2. The molecule has 0 saturated carbocycles. The number of hydrogen-bond acceptors (Lipinski definition) is 6. The third-order valence-corrected chi connectivity index (χ3v) is 5.44. The number of amides is 2. The van der Waals surface area contributed by atoms with E-state index in [0.717, 1.165) is 4.88 Å². The van der Waals surface area contributed by atoms with Gasteiger partial charge in [-0.3, -0.25) is 14.6 Å². The molecule has 3 aromatic rings. The first kappa shape index (κ1) is 22.1. The number of aromatic nitrogens is 2. The van der Waals surface area contributed by atoms with Crippen LogP contribution in [0.4, 0.5) is 11.4 Å². The lowest BCUT2D eigenvalue weighted by molar-refractivity contribution is -0.123. The lowest BCUT2D eigenvalue weighted by Crippen LogP contribution is -2.27. The lowest BCUT2D eigenvalue weighted by Gasteiger charge is -2.18. The molecule has 0 spiro atoms. The molecular weight excluding hydrogens is 410 g/mol. The molecule has 0 aliphatic heterocycles. The summed E-state index contributed by atoms with van der Waals surface area (Å²) in [6.07, 6.45) is 1.99. The summed E-state index contributed by atoms with van der Waals surface area (Å²) >= 11 is 1.25. The largest absolute Gasteiger partial charge is 0.326 e. The maximum absolute atomic E-state index is 13.0. The van der Waals surface area contributed by atoms with Crippen molar-refractivity contribution in [2.45, 2.75) is 34.1 Å². The topological polar surface area (TPSA) is 108 Å². The van der Waals surface area contributed by atoms with Gasteiger partial charge in [0.15, 0.2) is 0 Å². The van der Waals surface area contributed by atoms with Crippen molar-refractivity contribution in [3.8, 4) is 6.07 Å². The predicted octanol–water partition coefficient (Wildman–Crippen LogP) is 4.55. The second-order valence-electron chi connectivity index (χ2n) is 8.13. The molecule has 0 aliphatic carbocycles. The third-order valence-electron chi connectivity index (χ3n) is 4.51. The van der Waals surface area contributed by atoms with Gasteiger partial charge in [-0.2, -0.15) is 9.64 Å². The number of carbonyl (C=O) groups excluding carboxylic acids is 2. The molecule has 0 fully saturated rings. The molecule has 7 nitrogen and oxygen atoms in total. The Labute approximate surface area is 185 Å². The number of benzene rings is 1. The monoisotopic (exact) mass is 433 g/mol. The van der Waals surface area contributed by atoms with Crippen LogP contribution in [0.15, 0.2) is 42.6 Å². The van der Waals surface area contributed by atoms with Crippen molar-refractivity contribution in [2.24, 2.45) is 5.41 Å². The molecule has 2 amide bonds. The third kappa shape index (κ3) is 5.53. The summed E-state index contributed by atoms with van der Waals surface area (Å²) < 4.78 is 4.33. The Morgan fingerprint density at radius 2 is 1.84 bits per heavy atom. The fourth-order valence-corrected chi connectivity index (χ4v) is 3.71. The summed E-state index contributed by atoms with van der Waals surface area (Å²) in [5, 5.41) is 14.8. The molecule has 0 saturated heterocycles. The van der Waals surface area contributed by atoms with Crippen LogP contribution in [0, 0.1) is 23.7 Å². The quantitative estimate of drug-likeness (QED) is 0.614. The van der Waals surface area contributed by atoms with E-state index in [0.29, 0.717) is 40.3 Å². The van der Waals surface area contributed by atoms with Crippen LogP contribution in [0.2, 0.25) is 0 Å². The van der Waals surface area contributed by atoms with E-state index in [-0.39, 0.29) is 11.8 Å². The highest BCUT2D eigenvalue weighted by atomic mass is 32.1. The van der Waals surface area contributed by atoms with Gasteiger partial charge in [-0.25, -0.2) is 0 Å². The van der Waals surface area contributed by atoms with Gasteiger partial charge in [0, 0.05) is 40.0 Å². The smallest absolute Gasteiger partial charge is 0.258 e. The summed E-state index contributed by atoms with van der Waals surface area (Å²) in [4.78, 5) is 30.3. The predicted molar refractivity (Wildman–Crippen MR) is 121 cm³/mol. The van der Waals surface area contributed by atoms with E-state index in [1.807, 2.05) is 20.8 Å². The van der Waals surface area contributed by atoms with Crippen LogP contribution in [0.25, 0.3) is 0 Å². The van der Waals surface area contributed by atoms with E-state index in [1.165, 1.54) is 11.5 Å². The first-order valence-corrected chi connectivity index (χ1v) is 10.5. The Morgan fingerprint density at radius 3 is 2.52 bits per heavy atom. The van der Waals surface area contributed by atoms with Gasteiger partial charge in [0.2, 0.25) is 5.91 Å². The van der Waals surface area contributed by atoms with Crippen molar-refractivity contribution in [1.29, 1.82) is 5.26 Å². The summed E-state index contributed by atoms with van der Waals surface area (Å²) in [5.41, 5.74) is 3.00. The highest BCUT2D eigenvalue weighted by molar-refractivity contribution is 7.06. The summed E-state index contributed by atoms with van der Waals surface area (Å²) in [7, 11) is 0. The fourth-order valence-electron chi connectivity index (χ4n) is 2.82. The average Bonchev–Trinajstić information content (AvgIpc) is 3.07. The second kappa shape index (κ2) is 9.06. The van der Waals surface area contributed by atoms with E-state index < -0.39 is 5.41 Å². The lowest BCUT2D eigenvalue weighted by atomic mass is 9.95. The van der Waals surface area contributed by atoms with Crippen LogP contribution in [-0.2, 0) is 11.2 Å². The van der Waals surface area contributed by atoms with Gasteiger partial charge in [-0.05, 0) is 48.8 Å². The van der Waals surface area contributed by atoms with Gasteiger partial charge >= 0.3 is 0 Å². The number of nitriles is 1. The number of aryl methyl sites for hydroxylation is 1. The number of rotatable bonds is 5. The zero-order valence-electron chi connectivity index (χ0n) is 17.8. The Hall–Kier alpha value is -3.57. The van der Waals surface area contributed by atoms with Gasteiger partial charge in [-0.1, -0.05) is 26.8 Å². The Kier molecular flexibility index (Phi) is 6.47. The Bertz CT molecular complexity index is 1170. The number of carbonyl (C=O) groups is 2. The first-order chi connectivity index (χ1) is 14.7. The Balaban J connectivity index is 1.79. The minimum Gasteiger partial charge on any atom is -0.326 e. The zero-order chi connectivity index (χ0) is 22.6. The molecule has 0 aliphatic rings. The van der Waals surface area contributed by atoms with Crippen molar-refractivity contribution in [1.82, 2.24) is 9.36 Å². The molecule has 0 bridgehead atoms. The van der Waals surface area contributed by atoms with E-state index >= 15 is 0 Å². The van der Waals surface area contributed by atoms with Crippen LogP contribution in [0.3, 0.4) is 0 Å². The van der Waals surface area contributed by atoms with E-state index in [1.54, 1.807) is 49.5 Å². The summed E-state index contributed by atoms with van der Waals surface area (Å²) in [6, 6.07) is 12.5. The van der Waals surface area contributed by atoms with Crippen molar-refractivity contribution in [3.05, 3.63) is 70.0 Å². The van der Waals surface area contributed by atoms with E-state index in [4.69, 9.17) is 5.26 Å². The van der Waals surface area contributed by atoms with E-state index in [2.05, 4.69) is 26.1 Å². The van der Waals surface area contributed by atoms with Crippen LogP contribution >= 0.6 is 11.5 Å². The maximum Gasteiger partial charge on any atom is 0.258 e. The Morgan fingerprint density at radius 1 is 1.13 bits per heavy atom. The molecule has 2 aromatic heterocycles. The van der Waals surface area contributed by atoms with Crippen molar-refractivity contribution < 1.29 is 9.59 Å². The van der Waals surface area contributed by atoms with Gasteiger partial charge in [0.25, 0.3) is 5.91 Å². The van der Waals surface area contributed by atoms with Crippen molar-refractivity contribution >= 4 is 34.7 Å². The summed E-state index contributed by atoms with van der Waals surface area (Å²) in [5.74, 6) is -0.389. The van der Waals surface area contributed by atoms with E-state index in [9.17, 15) is 9.59 Å². The van der Waals surface area contributed by atoms with Gasteiger partial charge in [0.1, 0.15) is 0 Å². The molecule has 2 N–H and O–H groups in total. The number of pyridine rings is 1. The molecule has 0 atom stereocenters. The molecule has 1 aromatic carbocycles. The van der Waals surface area contributed by atoms with Crippen LogP contribution < -0.4 is 10.6 Å². The van der Waals surface area contributed by atoms with Gasteiger partial charge < -0.3 is 10.6 Å². The number of anilines is 2. The molecule has 0 radical (unpaired) electrons. The molecule has 2 heterocycles. The maximum atomic E-state index is 13.0.